The van der Waals surface area contributed by atoms with E-state index < -0.39 is 23.4 Å². The number of imide groups is 1. The zero-order valence-electron chi connectivity index (χ0n) is 14.1. The number of urea groups is 1. The molecule has 0 aliphatic carbocycles. The fourth-order valence-electron chi connectivity index (χ4n) is 2.55. The Morgan fingerprint density at radius 3 is 2.77 bits per heavy atom. The SMILES string of the molecule is C[C@@]1(CCc2ccccc2)NC(=O)N(NC(=O)CSc2ncn[nH]2)C1=O. The predicted octanol–water partition coefficient (Wildman–Crippen LogP) is 0.871. The summed E-state index contributed by atoms with van der Waals surface area (Å²) in [6, 6.07) is 9.05. The molecular formula is C16H18N6O3S. The molecule has 3 rings (SSSR count). The molecule has 1 aliphatic heterocycles. The van der Waals surface area contributed by atoms with E-state index in [0.717, 1.165) is 22.3 Å². The summed E-state index contributed by atoms with van der Waals surface area (Å²) < 4.78 is 0. The van der Waals surface area contributed by atoms with Gasteiger partial charge in [-0.05, 0) is 25.3 Å². The minimum absolute atomic E-state index is 0.00696. The maximum Gasteiger partial charge on any atom is 0.344 e. The lowest BCUT2D eigenvalue weighted by atomic mass is 9.93. The number of amides is 4. The van der Waals surface area contributed by atoms with Crippen LogP contribution < -0.4 is 10.7 Å². The molecule has 2 heterocycles. The summed E-state index contributed by atoms with van der Waals surface area (Å²) in [5, 5.41) is 10.2. The van der Waals surface area contributed by atoms with Crippen molar-refractivity contribution >= 4 is 29.6 Å². The Hall–Kier alpha value is -2.88. The van der Waals surface area contributed by atoms with Crippen LogP contribution in [0.5, 0.6) is 0 Å². The molecule has 1 aliphatic rings. The fourth-order valence-corrected chi connectivity index (χ4v) is 3.12. The van der Waals surface area contributed by atoms with Gasteiger partial charge in [-0.25, -0.2) is 9.78 Å². The molecule has 2 aromatic rings. The number of aromatic amines is 1. The smallest absolute Gasteiger partial charge is 0.322 e. The number of aromatic nitrogens is 3. The summed E-state index contributed by atoms with van der Waals surface area (Å²) in [5.41, 5.74) is 2.36. The zero-order chi connectivity index (χ0) is 18.6. The number of thioether (sulfide) groups is 1. The Bertz CT molecular complexity index is 798. The van der Waals surface area contributed by atoms with Crippen LogP contribution in [0.2, 0.25) is 0 Å². The fraction of sp³-hybridized carbons (Fsp3) is 0.312. The second-order valence-electron chi connectivity index (χ2n) is 6.00. The molecule has 9 nitrogen and oxygen atoms in total. The van der Waals surface area contributed by atoms with E-state index >= 15 is 0 Å². The van der Waals surface area contributed by atoms with Crippen LogP contribution in [0.25, 0.3) is 0 Å². The van der Waals surface area contributed by atoms with E-state index in [4.69, 9.17) is 0 Å². The van der Waals surface area contributed by atoms with Gasteiger partial charge < -0.3 is 5.32 Å². The summed E-state index contributed by atoms with van der Waals surface area (Å²) >= 11 is 1.12. The van der Waals surface area contributed by atoms with Crippen molar-refractivity contribution in [3.05, 3.63) is 42.2 Å². The molecule has 10 heteroatoms. The number of rotatable bonds is 7. The molecule has 0 bridgehead atoms. The van der Waals surface area contributed by atoms with Crippen LogP contribution in [0.15, 0.2) is 41.8 Å². The molecule has 1 aromatic heterocycles. The van der Waals surface area contributed by atoms with Crippen LogP contribution in [-0.4, -0.2) is 49.3 Å². The number of nitrogens with one attached hydrogen (secondary N) is 3. The highest BCUT2D eigenvalue weighted by Crippen LogP contribution is 2.22. The van der Waals surface area contributed by atoms with Gasteiger partial charge in [0.15, 0.2) is 5.16 Å². The number of hydrogen-bond acceptors (Lipinski definition) is 6. The molecule has 0 unspecified atom stereocenters. The predicted molar refractivity (Wildman–Crippen MR) is 93.8 cm³/mol. The number of aryl methyl sites for hydroxylation is 1. The Morgan fingerprint density at radius 1 is 1.31 bits per heavy atom. The van der Waals surface area contributed by atoms with Crippen LogP contribution in [0.3, 0.4) is 0 Å². The molecule has 1 atom stereocenters. The Balaban J connectivity index is 1.56. The number of carbonyl (C=O) groups is 3. The average molecular weight is 374 g/mol. The molecule has 136 valence electrons. The first-order chi connectivity index (χ1) is 12.5. The molecule has 0 saturated carbocycles. The summed E-state index contributed by atoms with van der Waals surface area (Å²) in [6.07, 6.45) is 2.39. The monoisotopic (exact) mass is 374 g/mol. The Morgan fingerprint density at radius 2 is 2.08 bits per heavy atom. The highest BCUT2D eigenvalue weighted by atomic mass is 32.2. The van der Waals surface area contributed by atoms with Gasteiger partial charge in [0, 0.05) is 0 Å². The van der Waals surface area contributed by atoms with Gasteiger partial charge in [-0.1, -0.05) is 42.1 Å². The van der Waals surface area contributed by atoms with Crippen molar-refractivity contribution in [3.8, 4) is 0 Å². The van der Waals surface area contributed by atoms with Crippen LogP contribution in [-0.2, 0) is 16.0 Å². The van der Waals surface area contributed by atoms with E-state index in [1.807, 2.05) is 30.3 Å². The quantitative estimate of drug-likeness (QED) is 0.489. The van der Waals surface area contributed by atoms with E-state index in [-0.39, 0.29) is 5.75 Å². The number of benzene rings is 1. The molecule has 0 spiro atoms. The Labute approximate surface area is 153 Å². The lowest BCUT2D eigenvalue weighted by molar-refractivity contribution is -0.138. The summed E-state index contributed by atoms with van der Waals surface area (Å²) in [4.78, 5) is 40.6. The van der Waals surface area contributed by atoms with Crippen LogP contribution in [0.1, 0.15) is 18.9 Å². The standard InChI is InChI=1S/C16H18N6O3S/c1-16(8-7-11-5-3-2-4-6-11)13(24)22(15(25)19-16)21-12(23)9-26-14-17-10-18-20-14/h2-6,10H,7-9H2,1H3,(H,19,25)(H,21,23)(H,17,18,20)/t16-/m0/s1. The first kappa shape index (κ1) is 17.9. The third-order valence-corrected chi connectivity index (χ3v) is 4.86. The van der Waals surface area contributed by atoms with Gasteiger partial charge in [0.05, 0.1) is 5.75 Å². The molecule has 3 N–H and O–H groups in total. The third-order valence-electron chi connectivity index (χ3n) is 3.99. The minimum Gasteiger partial charge on any atom is -0.322 e. The minimum atomic E-state index is -1.06. The van der Waals surface area contributed by atoms with E-state index in [1.54, 1.807) is 6.92 Å². The second-order valence-corrected chi connectivity index (χ2v) is 6.97. The van der Waals surface area contributed by atoms with Gasteiger partial charge in [0.1, 0.15) is 11.9 Å². The van der Waals surface area contributed by atoms with Crippen molar-refractivity contribution in [2.75, 3.05) is 5.75 Å². The highest BCUT2D eigenvalue weighted by molar-refractivity contribution is 7.99. The number of hydrogen-bond donors (Lipinski definition) is 3. The number of H-pyrrole nitrogens is 1. The lowest BCUT2D eigenvalue weighted by Gasteiger charge is -2.21. The van der Waals surface area contributed by atoms with Crippen molar-refractivity contribution in [2.45, 2.75) is 30.5 Å². The third kappa shape index (κ3) is 4.02. The maximum absolute atomic E-state index is 12.6. The van der Waals surface area contributed by atoms with Crippen molar-refractivity contribution in [1.29, 1.82) is 0 Å². The van der Waals surface area contributed by atoms with Gasteiger partial charge in [-0.2, -0.15) is 10.1 Å². The van der Waals surface area contributed by atoms with E-state index in [2.05, 4.69) is 25.9 Å². The van der Waals surface area contributed by atoms with Crippen LogP contribution in [0.4, 0.5) is 4.79 Å². The Kier molecular flexibility index (Phi) is 5.21. The van der Waals surface area contributed by atoms with E-state index in [9.17, 15) is 14.4 Å². The molecule has 26 heavy (non-hydrogen) atoms. The van der Waals surface area contributed by atoms with Gasteiger partial charge in [0.25, 0.3) is 5.91 Å². The first-order valence-electron chi connectivity index (χ1n) is 7.96. The maximum atomic E-state index is 12.6. The van der Waals surface area contributed by atoms with E-state index in [1.165, 1.54) is 6.33 Å². The van der Waals surface area contributed by atoms with Crippen molar-refractivity contribution < 1.29 is 14.4 Å². The van der Waals surface area contributed by atoms with E-state index in [0.29, 0.717) is 18.0 Å². The van der Waals surface area contributed by atoms with Crippen molar-refractivity contribution in [2.24, 2.45) is 0 Å². The topological polar surface area (TPSA) is 120 Å². The summed E-state index contributed by atoms with van der Waals surface area (Å²) in [6.45, 7) is 1.66. The first-order valence-corrected chi connectivity index (χ1v) is 8.95. The van der Waals surface area contributed by atoms with Gasteiger partial charge in [-0.15, -0.1) is 0 Å². The van der Waals surface area contributed by atoms with Crippen LogP contribution in [0, 0.1) is 0 Å². The number of nitrogens with zero attached hydrogens (tertiary/aromatic N) is 3. The molecule has 1 aromatic carbocycles. The van der Waals surface area contributed by atoms with Crippen LogP contribution >= 0.6 is 11.8 Å². The average Bonchev–Trinajstić information content (AvgIpc) is 3.23. The molecule has 0 radical (unpaired) electrons. The normalized spacial score (nSPS) is 19.5. The zero-order valence-corrected chi connectivity index (χ0v) is 14.9. The molecule has 4 amide bonds. The lowest BCUT2D eigenvalue weighted by Crippen LogP contribution is -2.49. The molecule has 1 fully saturated rings. The highest BCUT2D eigenvalue weighted by Gasteiger charge is 2.48. The molecular weight excluding hydrogens is 356 g/mol. The van der Waals surface area contributed by atoms with Crippen molar-refractivity contribution in [3.63, 3.8) is 0 Å². The number of hydrazine groups is 1. The summed E-state index contributed by atoms with van der Waals surface area (Å²) in [7, 11) is 0. The largest absolute Gasteiger partial charge is 0.344 e. The number of carbonyl (C=O) groups excluding carboxylic acids is 3. The van der Waals surface area contributed by atoms with Gasteiger partial charge in [-0.3, -0.25) is 20.1 Å². The summed E-state index contributed by atoms with van der Waals surface area (Å²) in [5.74, 6) is -0.967. The molecule has 1 saturated heterocycles. The van der Waals surface area contributed by atoms with Gasteiger partial charge in [0.2, 0.25) is 5.91 Å². The second kappa shape index (κ2) is 7.56. The van der Waals surface area contributed by atoms with Gasteiger partial charge >= 0.3 is 6.03 Å². The van der Waals surface area contributed by atoms with Crippen molar-refractivity contribution in [1.82, 2.24) is 30.9 Å².